The molecule has 1 heterocycles. The van der Waals surface area contributed by atoms with Gasteiger partial charge in [-0.1, -0.05) is 24.3 Å². The van der Waals surface area contributed by atoms with E-state index in [2.05, 4.69) is 43.0 Å². The summed E-state index contributed by atoms with van der Waals surface area (Å²) in [6.07, 6.45) is 3.87. The Bertz CT molecular complexity index is 406. The Labute approximate surface area is 110 Å². The Morgan fingerprint density at radius 2 is 1.67 bits per heavy atom. The van der Waals surface area contributed by atoms with Crippen LogP contribution in [0.15, 0.2) is 24.3 Å². The normalized spacial score (nSPS) is 29.1. The molecule has 2 nitrogen and oxygen atoms in total. The zero-order chi connectivity index (χ0) is 12.7. The van der Waals surface area contributed by atoms with E-state index in [1.807, 2.05) is 0 Å². The van der Waals surface area contributed by atoms with Crippen molar-refractivity contribution in [2.45, 2.75) is 57.2 Å². The maximum Gasteiger partial charge on any atom is 0.0502 e. The molecule has 1 saturated carbocycles. The average Bonchev–Trinajstić information content (AvgIpc) is 3.13. The quantitative estimate of drug-likeness (QED) is 0.885. The maximum absolute atomic E-state index is 6.31. The van der Waals surface area contributed by atoms with Gasteiger partial charge in [-0.25, -0.2) is 0 Å². The molecule has 0 spiro atoms. The van der Waals surface area contributed by atoms with Gasteiger partial charge in [0.2, 0.25) is 0 Å². The number of hydrogen-bond donors (Lipinski definition) is 1. The van der Waals surface area contributed by atoms with Crippen molar-refractivity contribution < 1.29 is 0 Å². The van der Waals surface area contributed by atoms with Crippen LogP contribution in [0.25, 0.3) is 0 Å². The van der Waals surface area contributed by atoms with E-state index < -0.39 is 0 Å². The molecule has 18 heavy (non-hydrogen) atoms. The molecule has 1 saturated heterocycles. The van der Waals surface area contributed by atoms with E-state index >= 15 is 0 Å². The fourth-order valence-electron chi connectivity index (χ4n) is 3.24. The summed E-state index contributed by atoms with van der Waals surface area (Å²) in [5.74, 6) is 0.845. The summed E-state index contributed by atoms with van der Waals surface area (Å²) < 4.78 is 0. The Balaban J connectivity index is 1.82. The molecule has 3 rings (SSSR count). The topological polar surface area (TPSA) is 29.3 Å². The van der Waals surface area contributed by atoms with Gasteiger partial charge >= 0.3 is 0 Å². The fourth-order valence-corrected chi connectivity index (χ4v) is 3.24. The predicted octanol–water partition coefficient (Wildman–Crippen LogP) is 3.05. The molecule has 0 amide bonds. The molecule has 2 heteroatoms. The van der Waals surface area contributed by atoms with Crippen LogP contribution >= 0.6 is 0 Å². The second kappa shape index (κ2) is 4.67. The van der Waals surface area contributed by atoms with Crippen molar-refractivity contribution in [3.8, 4) is 0 Å². The van der Waals surface area contributed by atoms with Gasteiger partial charge in [0, 0.05) is 18.6 Å². The Kier molecular flexibility index (Phi) is 3.16. The summed E-state index contributed by atoms with van der Waals surface area (Å²) >= 11 is 0. The Morgan fingerprint density at radius 1 is 1.06 bits per heavy atom. The third kappa shape index (κ3) is 2.19. The summed E-state index contributed by atoms with van der Waals surface area (Å²) in [6.45, 7) is 5.67. The van der Waals surface area contributed by atoms with Crippen LogP contribution < -0.4 is 5.73 Å². The third-order valence-corrected chi connectivity index (χ3v) is 4.47. The van der Waals surface area contributed by atoms with Crippen molar-refractivity contribution in [1.82, 2.24) is 4.90 Å². The van der Waals surface area contributed by atoms with Crippen LogP contribution in [0.3, 0.4) is 0 Å². The van der Waals surface area contributed by atoms with Crippen molar-refractivity contribution in [2.24, 2.45) is 5.73 Å². The lowest BCUT2D eigenvalue weighted by Gasteiger charge is -2.30. The standard InChI is InChI=1S/C16H24N2/c1-11(2)18-10-9-15(17)16(18)14-7-5-13(6-8-14)12-3-4-12/h5-8,11-12,15-16H,3-4,9-10,17H2,1-2H3. The van der Waals surface area contributed by atoms with Crippen LogP contribution in [0, 0.1) is 0 Å². The van der Waals surface area contributed by atoms with Gasteiger partial charge in [-0.3, -0.25) is 4.90 Å². The Morgan fingerprint density at radius 3 is 2.22 bits per heavy atom. The first-order valence-electron chi connectivity index (χ1n) is 7.28. The van der Waals surface area contributed by atoms with Crippen molar-refractivity contribution >= 4 is 0 Å². The summed E-state index contributed by atoms with van der Waals surface area (Å²) in [7, 11) is 0. The minimum absolute atomic E-state index is 0.291. The second-order valence-corrected chi connectivity index (χ2v) is 6.17. The van der Waals surface area contributed by atoms with Gasteiger partial charge in [0.15, 0.2) is 0 Å². The highest BCUT2D eigenvalue weighted by Crippen LogP contribution is 2.41. The highest BCUT2D eigenvalue weighted by atomic mass is 15.2. The van der Waals surface area contributed by atoms with Crippen LogP contribution in [0.2, 0.25) is 0 Å². The van der Waals surface area contributed by atoms with E-state index in [0.29, 0.717) is 18.1 Å². The van der Waals surface area contributed by atoms with E-state index in [0.717, 1.165) is 18.9 Å². The van der Waals surface area contributed by atoms with E-state index in [1.165, 1.54) is 24.0 Å². The van der Waals surface area contributed by atoms with Crippen LogP contribution in [0.5, 0.6) is 0 Å². The summed E-state index contributed by atoms with van der Waals surface area (Å²) in [5, 5.41) is 0. The molecule has 1 aromatic carbocycles. The first-order valence-corrected chi connectivity index (χ1v) is 7.28. The Hall–Kier alpha value is -0.860. The molecule has 1 aliphatic heterocycles. The van der Waals surface area contributed by atoms with E-state index in [4.69, 9.17) is 5.73 Å². The molecule has 98 valence electrons. The second-order valence-electron chi connectivity index (χ2n) is 6.17. The van der Waals surface area contributed by atoms with Crippen molar-refractivity contribution in [2.75, 3.05) is 6.54 Å². The first kappa shape index (κ1) is 12.2. The molecule has 2 N–H and O–H groups in total. The lowest BCUT2D eigenvalue weighted by Crippen LogP contribution is -2.35. The molecule has 1 aliphatic carbocycles. The minimum Gasteiger partial charge on any atom is -0.326 e. The third-order valence-electron chi connectivity index (χ3n) is 4.47. The van der Waals surface area contributed by atoms with Gasteiger partial charge in [-0.05, 0) is 50.2 Å². The maximum atomic E-state index is 6.31. The van der Waals surface area contributed by atoms with E-state index in [-0.39, 0.29) is 0 Å². The van der Waals surface area contributed by atoms with E-state index in [9.17, 15) is 0 Å². The number of likely N-dealkylation sites (tertiary alicyclic amines) is 1. The summed E-state index contributed by atoms with van der Waals surface area (Å²) in [4.78, 5) is 2.54. The number of nitrogens with zero attached hydrogens (tertiary/aromatic N) is 1. The lowest BCUT2D eigenvalue weighted by molar-refractivity contribution is 0.198. The molecule has 2 aliphatic rings. The molecule has 0 radical (unpaired) electrons. The highest BCUT2D eigenvalue weighted by molar-refractivity contribution is 5.31. The molecular weight excluding hydrogens is 220 g/mol. The zero-order valence-corrected chi connectivity index (χ0v) is 11.5. The highest BCUT2D eigenvalue weighted by Gasteiger charge is 2.34. The SMILES string of the molecule is CC(C)N1CCC(N)C1c1ccc(C2CC2)cc1. The summed E-state index contributed by atoms with van der Waals surface area (Å²) in [6, 6.07) is 10.5. The monoisotopic (exact) mass is 244 g/mol. The van der Waals surface area contributed by atoms with Gasteiger partial charge in [0.1, 0.15) is 0 Å². The summed E-state index contributed by atoms with van der Waals surface area (Å²) in [5.41, 5.74) is 9.22. The molecule has 1 aromatic rings. The van der Waals surface area contributed by atoms with Crippen molar-refractivity contribution in [3.63, 3.8) is 0 Å². The largest absolute Gasteiger partial charge is 0.326 e. The predicted molar refractivity (Wildman–Crippen MR) is 75.6 cm³/mol. The smallest absolute Gasteiger partial charge is 0.0502 e. The van der Waals surface area contributed by atoms with Crippen LogP contribution in [-0.4, -0.2) is 23.5 Å². The number of nitrogens with two attached hydrogens (primary N) is 1. The van der Waals surface area contributed by atoms with E-state index in [1.54, 1.807) is 0 Å². The number of hydrogen-bond acceptors (Lipinski definition) is 2. The van der Waals surface area contributed by atoms with Crippen molar-refractivity contribution in [1.29, 1.82) is 0 Å². The van der Waals surface area contributed by atoms with Crippen LogP contribution in [0.1, 0.15) is 56.2 Å². The van der Waals surface area contributed by atoms with Gasteiger partial charge in [0.05, 0.1) is 6.04 Å². The molecule has 0 aromatic heterocycles. The molecular formula is C16H24N2. The van der Waals surface area contributed by atoms with Gasteiger partial charge in [-0.2, -0.15) is 0 Å². The number of benzene rings is 1. The fraction of sp³-hybridized carbons (Fsp3) is 0.625. The van der Waals surface area contributed by atoms with Gasteiger partial charge < -0.3 is 5.73 Å². The average molecular weight is 244 g/mol. The minimum atomic E-state index is 0.291. The molecule has 2 unspecified atom stereocenters. The lowest BCUT2D eigenvalue weighted by atomic mass is 9.98. The van der Waals surface area contributed by atoms with Gasteiger partial charge in [-0.15, -0.1) is 0 Å². The number of rotatable bonds is 3. The van der Waals surface area contributed by atoms with Crippen molar-refractivity contribution in [3.05, 3.63) is 35.4 Å². The first-order chi connectivity index (χ1) is 8.66. The van der Waals surface area contributed by atoms with Crippen LogP contribution in [0.4, 0.5) is 0 Å². The van der Waals surface area contributed by atoms with Gasteiger partial charge in [0.25, 0.3) is 0 Å². The zero-order valence-electron chi connectivity index (χ0n) is 11.5. The van der Waals surface area contributed by atoms with Crippen LogP contribution in [-0.2, 0) is 0 Å². The molecule has 2 atom stereocenters. The molecule has 2 fully saturated rings. The molecule has 0 bridgehead atoms.